The minimum atomic E-state index is -1.56. The molecule has 9 heteroatoms. The summed E-state index contributed by atoms with van der Waals surface area (Å²) in [5, 5.41) is 11.4. The summed E-state index contributed by atoms with van der Waals surface area (Å²) in [7, 11) is 0. The third kappa shape index (κ3) is 7.72. The zero-order chi connectivity index (χ0) is 30.0. The zero-order valence-corrected chi connectivity index (χ0v) is 23.1. The van der Waals surface area contributed by atoms with E-state index in [1.54, 1.807) is 91.0 Å². The second-order valence-corrected chi connectivity index (χ2v) is 9.77. The summed E-state index contributed by atoms with van der Waals surface area (Å²) < 4.78 is 29.1. The Hall–Kier alpha value is -4.83. The molecule has 1 N–H and O–H groups in total. The van der Waals surface area contributed by atoms with Crippen LogP contribution in [0.3, 0.4) is 0 Å². The Bertz CT molecular complexity index is 1480. The second-order valence-electron chi connectivity index (χ2n) is 9.77. The van der Waals surface area contributed by atoms with Crippen LogP contribution in [0.5, 0.6) is 0 Å². The van der Waals surface area contributed by atoms with Gasteiger partial charge in [0.1, 0.15) is 18.8 Å². The first-order valence-corrected chi connectivity index (χ1v) is 13.7. The molecule has 0 amide bonds. The van der Waals surface area contributed by atoms with Crippen LogP contribution in [0.15, 0.2) is 121 Å². The smallest absolute Gasteiger partial charge is 0.338 e. The van der Waals surface area contributed by atoms with Gasteiger partial charge in [0.15, 0.2) is 18.5 Å². The molecule has 1 aliphatic rings. The summed E-state index contributed by atoms with van der Waals surface area (Å²) in [6.45, 7) is -0.329. The average Bonchev–Trinajstić information content (AvgIpc) is 3.06. The number of hydrogen-bond acceptors (Lipinski definition) is 9. The number of aliphatic hydroxyl groups excluding tert-OH is 1. The van der Waals surface area contributed by atoms with E-state index in [0.29, 0.717) is 5.56 Å². The van der Waals surface area contributed by atoms with Gasteiger partial charge in [-0.1, -0.05) is 84.9 Å². The van der Waals surface area contributed by atoms with Gasteiger partial charge in [-0.2, -0.15) is 0 Å². The first-order valence-electron chi connectivity index (χ1n) is 13.7. The normalized spacial score (nSPS) is 21.4. The molecule has 0 aromatic heterocycles. The number of benzene rings is 4. The van der Waals surface area contributed by atoms with Crippen molar-refractivity contribution in [2.45, 2.75) is 37.3 Å². The van der Waals surface area contributed by atoms with Crippen LogP contribution in [-0.2, 0) is 30.3 Å². The summed E-state index contributed by atoms with van der Waals surface area (Å²) in [5.74, 6) is -2.14. The van der Waals surface area contributed by atoms with Crippen LogP contribution >= 0.6 is 0 Å². The van der Waals surface area contributed by atoms with Crippen molar-refractivity contribution in [3.05, 3.63) is 144 Å². The SMILES string of the molecule is O=C(OC[C@H]1O[C@H](OCc2ccccc2)[C@@H](O)[C@@H](OC(=O)c2ccccc2)[C@@H]1OC(=O)c1ccccc1)c1ccccc1. The van der Waals surface area contributed by atoms with Crippen LogP contribution in [-0.4, -0.2) is 60.3 Å². The molecular formula is C34H30O9. The molecule has 220 valence electrons. The van der Waals surface area contributed by atoms with Gasteiger partial charge in [-0.25, -0.2) is 14.4 Å². The summed E-state index contributed by atoms with van der Waals surface area (Å²) in [5.41, 5.74) is 1.57. The highest BCUT2D eigenvalue weighted by molar-refractivity contribution is 5.91. The molecule has 0 unspecified atom stereocenters. The third-order valence-corrected chi connectivity index (χ3v) is 6.77. The maximum Gasteiger partial charge on any atom is 0.338 e. The zero-order valence-electron chi connectivity index (χ0n) is 23.1. The van der Waals surface area contributed by atoms with Crippen molar-refractivity contribution in [2.24, 2.45) is 0 Å². The van der Waals surface area contributed by atoms with Crippen LogP contribution in [0, 0.1) is 0 Å². The molecule has 0 saturated carbocycles. The van der Waals surface area contributed by atoms with E-state index in [0.717, 1.165) is 5.56 Å². The predicted octanol–water partition coefficient (Wildman–Crippen LogP) is 4.60. The van der Waals surface area contributed by atoms with Gasteiger partial charge in [-0.05, 0) is 42.0 Å². The number of esters is 3. The Morgan fingerprint density at radius 3 is 1.56 bits per heavy atom. The van der Waals surface area contributed by atoms with Gasteiger partial charge in [-0.3, -0.25) is 0 Å². The van der Waals surface area contributed by atoms with Gasteiger partial charge < -0.3 is 28.8 Å². The Kier molecular flexibility index (Phi) is 9.91. The molecule has 43 heavy (non-hydrogen) atoms. The fourth-order valence-electron chi connectivity index (χ4n) is 4.54. The van der Waals surface area contributed by atoms with Crippen molar-refractivity contribution in [1.82, 2.24) is 0 Å². The lowest BCUT2D eigenvalue weighted by atomic mass is 9.98. The Labute approximate surface area is 248 Å². The second kappa shape index (κ2) is 14.4. The average molecular weight is 583 g/mol. The molecule has 1 fully saturated rings. The minimum absolute atomic E-state index is 0.0624. The van der Waals surface area contributed by atoms with E-state index in [1.165, 1.54) is 0 Å². The van der Waals surface area contributed by atoms with Crippen LogP contribution in [0.25, 0.3) is 0 Å². The van der Waals surface area contributed by atoms with Crippen molar-refractivity contribution in [3.8, 4) is 0 Å². The Morgan fingerprint density at radius 2 is 1.05 bits per heavy atom. The van der Waals surface area contributed by atoms with E-state index < -0.39 is 55.2 Å². The van der Waals surface area contributed by atoms with E-state index in [1.807, 2.05) is 30.3 Å². The van der Waals surface area contributed by atoms with E-state index in [-0.39, 0.29) is 17.7 Å². The molecule has 0 radical (unpaired) electrons. The molecule has 0 bridgehead atoms. The first-order chi connectivity index (χ1) is 21.0. The highest BCUT2D eigenvalue weighted by atomic mass is 16.7. The van der Waals surface area contributed by atoms with E-state index in [4.69, 9.17) is 23.7 Å². The molecule has 4 aromatic rings. The minimum Gasteiger partial charge on any atom is -0.459 e. The Balaban J connectivity index is 1.43. The monoisotopic (exact) mass is 582 g/mol. The third-order valence-electron chi connectivity index (χ3n) is 6.77. The molecule has 9 nitrogen and oxygen atoms in total. The highest BCUT2D eigenvalue weighted by Gasteiger charge is 2.51. The summed E-state index contributed by atoms with van der Waals surface area (Å²) in [4.78, 5) is 39.1. The van der Waals surface area contributed by atoms with E-state index in [2.05, 4.69) is 0 Å². The van der Waals surface area contributed by atoms with Gasteiger partial charge in [0, 0.05) is 0 Å². The van der Waals surface area contributed by atoms with Crippen molar-refractivity contribution in [1.29, 1.82) is 0 Å². The van der Waals surface area contributed by atoms with Gasteiger partial charge in [0.2, 0.25) is 0 Å². The van der Waals surface area contributed by atoms with E-state index >= 15 is 0 Å². The van der Waals surface area contributed by atoms with Gasteiger partial charge in [-0.15, -0.1) is 0 Å². The summed E-state index contributed by atoms with van der Waals surface area (Å²) >= 11 is 0. The standard InChI is InChI=1S/C34H30O9/c35-28-30(43-33(38)26-19-11-4-12-20-26)29(42-32(37)25-17-9-3-10-18-25)27(22-39-31(36)24-15-7-2-8-16-24)41-34(28)40-21-23-13-5-1-6-14-23/h1-20,27-30,34-35H,21-22H2/t27-,28+,29-,30-,34+/m1/s1. The summed E-state index contributed by atoms with van der Waals surface area (Å²) in [6, 6.07) is 34.0. The lowest BCUT2D eigenvalue weighted by Crippen LogP contribution is -2.62. The van der Waals surface area contributed by atoms with Crippen LogP contribution in [0.1, 0.15) is 36.6 Å². The number of carbonyl (C=O) groups is 3. The summed E-state index contributed by atoms with van der Waals surface area (Å²) in [6.07, 6.45) is -6.85. The predicted molar refractivity (Wildman–Crippen MR) is 154 cm³/mol. The number of ether oxygens (including phenoxy) is 5. The molecule has 0 spiro atoms. The van der Waals surface area contributed by atoms with E-state index in [9.17, 15) is 19.5 Å². The van der Waals surface area contributed by atoms with Crippen molar-refractivity contribution >= 4 is 17.9 Å². The quantitative estimate of drug-likeness (QED) is 0.212. The van der Waals surface area contributed by atoms with Crippen LogP contribution in [0.2, 0.25) is 0 Å². The van der Waals surface area contributed by atoms with Crippen molar-refractivity contribution in [3.63, 3.8) is 0 Å². The number of rotatable bonds is 10. The highest BCUT2D eigenvalue weighted by Crippen LogP contribution is 2.29. The van der Waals surface area contributed by atoms with Crippen LogP contribution in [0.4, 0.5) is 0 Å². The lowest BCUT2D eigenvalue weighted by Gasteiger charge is -2.43. The number of hydrogen-bond donors (Lipinski definition) is 1. The fourth-order valence-corrected chi connectivity index (χ4v) is 4.54. The Morgan fingerprint density at radius 1 is 0.605 bits per heavy atom. The largest absolute Gasteiger partial charge is 0.459 e. The molecule has 1 heterocycles. The maximum atomic E-state index is 13.2. The van der Waals surface area contributed by atoms with Crippen molar-refractivity contribution < 1.29 is 43.2 Å². The molecule has 1 saturated heterocycles. The topological polar surface area (TPSA) is 118 Å². The van der Waals surface area contributed by atoms with Crippen LogP contribution < -0.4 is 0 Å². The van der Waals surface area contributed by atoms with Gasteiger partial charge >= 0.3 is 17.9 Å². The molecule has 5 atom stereocenters. The molecule has 5 rings (SSSR count). The molecule has 1 aliphatic heterocycles. The molecular weight excluding hydrogens is 552 g/mol. The fraction of sp³-hybridized carbons (Fsp3) is 0.206. The molecule has 4 aromatic carbocycles. The lowest BCUT2D eigenvalue weighted by molar-refractivity contribution is -0.302. The molecule has 0 aliphatic carbocycles. The van der Waals surface area contributed by atoms with Crippen molar-refractivity contribution in [2.75, 3.05) is 6.61 Å². The number of aliphatic hydroxyl groups is 1. The maximum absolute atomic E-state index is 13.2. The van der Waals surface area contributed by atoms with Gasteiger partial charge in [0.05, 0.1) is 23.3 Å². The van der Waals surface area contributed by atoms with Gasteiger partial charge in [0.25, 0.3) is 0 Å². The number of carbonyl (C=O) groups excluding carboxylic acids is 3. The first kappa shape index (κ1) is 29.7.